The maximum atomic E-state index is 12.9. The second-order valence-electron chi connectivity index (χ2n) is 6.01. The van der Waals surface area contributed by atoms with Crippen LogP contribution >= 0.6 is 0 Å². The van der Waals surface area contributed by atoms with Gasteiger partial charge in [0, 0.05) is 12.1 Å². The Morgan fingerprint density at radius 3 is 2.26 bits per heavy atom. The fourth-order valence-corrected chi connectivity index (χ4v) is 3.65. The molecule has 5 heteroatoms. The number of rotatable bonds is 5. The number of benzene rings is 1. The number of hydrogen-bond acceptors (Lipinski definition) is 3. The zero-order chi connectivity index (χ0) is 17.2. The number of allylic oxidation sites excluding steroid dienone is 1. The normalized spacial score (nSPS) is 11.5. The minimum atomic E-state index is -3.80. The monoisotopic (exact) mass is 331 g/mol. The highest BCUT2D eigenvalue weighted by atomic mass is 32.2. The van der Waals surface area contributed by atoms with Crippen LogP contribution in [0.4, 0.5) is 0 Å². The van der Waals surface area contributed by atoms with E-state index in [-0.39, 0.29) is 22.3 Å². The van der Waals surface area contributed by atoms with E-state index < -0.39 is 10.0 Å². The molecule has 2 rings (SSSR count). The molecule has 1 aromatic heterocycles. The number of carbonyl (C=O) groups is 1. The smallest absolute Gasteiger partial charge is 0.268 e. The molecule has 0 atom stereocenters. The maximum absolute atomic E-state index is 12.9. The molecule has 0 saturated carbocycles. The Balaban J connectivity index is 2.67. The van der Waals surface area contributed by atoms with Crippen LogP contribution in [0, 0.1) is 5.92 Å². The highest BCUT2D eigenvalue weighted by Crippen LogP contribution is 2.22. The van der Waals surface area contributed by atoms with Crippen LogP contribution in [0.3, 0.4) is 0 Å². The van der Waals surface area contributed by atoms with Crippen molar-refractivity contribution < 1.29 is 13.2 Å². The fraction of sp³-hybridized carbons (Fsp3) is 0.278. The third kappa shape index (κ3) is 3.62. The molecule has 0 unspecified atom stereocenters. The van der Waals surface area contributed by atoms with Crippen molar-refractivity contribution in [3.8, 4) is 0 Å². The zero-order valence-corrected chi connectivity index (χ0v) is 14.6. The summed E-state index contributed by atoms with van der Waals surface area (Å²) in [6.07, 6.45) is 3.36. The molecule has 23 heavy (non-hydrogen) atoms. The SMILES string of the molecule is CC(C)=Cc1cc(C(=O)C(C)C)n(S(=O)(=O)c2ccccc2)c1. The van der Waals surface area contributed by atoms with Crippen molar-refractivity contribution in [3.05, 3.63) is 59.4 Å². The van der Waals surface area contributed by atoms with E-state index in [1.54, 1.807) is 38.1 Å². The van der Waals surface area contributed by atoms with Crippen molar-refractivity contribution in [1.29, 1.82) is 0 Å². The minimum Gasteiger partial charge on any atom is -0.292 e. The predicted molar refractivity (Wildman–Crippen MR) is 92.0 cm³/mol. The van der Waals surface area contributed by atoms with Crippen molar-refractivity contribution >= 4 is 21.9 Å². The van der Waals surface area contributed by atoms with Gasteiger partial charge in [-0.3, -0.25) is 4.79 Å². The van der Waals surface area contributed by atoms with E-state index in [1.165, 1.54) is 18.3 Å². The summed E-state index contributed by atoms with van der Waals surface area (Å²) in [7, 11) is -3.80. The average Bonchev–Trinajstić information content (AvgIpc) is 2.91. The number of Topliss-reactive ketones (excluding diaryl/α,β-unsaturated/α-hetero) is 1. The second kappa shape index (κ2) is 6.54. The first kappa shape index (κ1) is 17.2. The molecule has 122 valence electrons. The van der Waals surface area contributed by atoms with E-state index in [0.29, 0.717) is 5.56 Å². The first-order chi connectivity index (χ1) is 10.7. The van der Waals surface area contributed by atoms with E-state index in [9.17, 15) is 13.2 Å². The van der Waals surface area contributed by atoms with Crippen LogP contribution in [0.25, 0.3) is 6.08 Å². The van der Waals surface area contributed by atoms with Gasteiger partial charge < -0.3 is 0 Å². The fourth-order valence-electron chi connectivity index (χ4n) is 2.26. The van der Waals surface area contributed by atoms with E-state index in [0.717, 1.165) is 9.55 Å². The highest BCUT2D eigenvalue weighted by Gasteiger charge is 2.25. The van der Waals surface area contributed by atoms with Gasteiger partial charge in [0.2, 0.25) is 0 Å². The molecule has 0 saturated heterocycles. The Labute approximate surface area is 137 Å². The number of aromatic nitrogens is 1. The second-order valence-corrected chi connectivity index (χ2v) is 7.83. The van der Waals surface area contributed by atoms with Crippen LogP contribution in [0.5, 0.6) is 0 Å². The molecule has 0 radical (unpaired) electrons. The summed E-state index contributed by atoms with van der Waals surface area (Å²) in [6, 6.07) is 9.77. The minimum absolute atomic E-state index is 0.164. The van der Waals surface area contributed by atoms with Crippen LogP contribution in [0.15, 0.2) is 53.1 Å². The Morgan fingerprint density at radius 2 is 1.74 bits per heavy atom. The molecule has 1 aromatic carbocycles. The topological polar surface area (TPSA) is 56.1 Å². The summed E-state index contributed by atoms with van der Waals surface area (Å²) in [5.41, 5.74) is 1.92. The lowest BCUT2D eigenvalue weighted by molar-refractivity contribution is 0.0933. The lowest BCUT2D eigenvalue weighted by Gasteiger charge is -2.11. The van der Waals surface area contributed by atoms with Crippen LogP contribution in [-0.4, -0.2) is 18.2 Å². The Kier molecular flexibility index (Phi) is 4.90. The maximum Gasteiger partial charge on any atom is 0.268 e. The average molecular weight is 331 g/mol. The first-order valence-electron chi connectivity index (χ1n) is 7.45. The van der Waals surface area contributed by atoms with Gasteiger partial charge in [0.05, 0.1) is 4.90 Å². The van der Waals surface area contributed by atoms with Gasteiger partial charge in [0.15, 0.2) is 5.78 Å². The molecular weight excluding hydrogens is 310 g/mol. The molecule has 0 aliphatic heterocycles. The molecule has 0 bridgehead atoms. The molecule has 0 aliphatic rings. The van der Waals surface area contributed by atoms with Gasteiger partial charge in [0.25, 0.3) is 10.0 Å². The van der Waals surface area contributed by atoms with Crippen molar-refractivity contribution in [1.82, 2.24) is 3.97 Å². The van der Waals surface area contributed by atoms with Crippen molar-refractivity contribution in [2.45, 2.75) is 32.6 Å². The van der Waals surface area contributed by atoms with Crippen LogP contribution in [-0.2, 0) is 10.0 Å². The molecule has 0 aliphatic carbocycles. The number of hydrogen-bond donors (Lipinski definition) is 0. The molecule has 0 spiro atoms. The number of ketones is 1. The zero-order valence-electron chi connectivity index (χ0n) is 13.8. The van der Waals surface area contributed by atoms with E-state index in [2.05, 4.69) is 0 Å². The lowest BCUT2D eigenvalue weighted by Crippen LogP contribution is -2.20. The van der Waals surface area contributed by atoms with Crippen LogP contribution in [0.2, 0.25) is 0 Å². The predicted octanol–water partition coefficient (Wildman–Crippen LogP) is 3.99. The Morgan fingerprint density at radius 1 is 1.13 bits per heavy atom. The highest BCUT2D eigenvalue weighted by molar-refractivity contribution is 7.90. The molecule has 4 nitrogen and oxygen atoms in total. The van der Waals surface area contributed by atoms with Crippen molar-refractivity contribution in [3.63, 3.8) is 0 Å². The molecule has 1 heterocycles. The summed E-state index contributed by atoms with van der Waals surface area (Å²) in [6.45, 7) is 7.37. The van der Waals surface area contributed by atoms with Crippen LogP contribution in [0.1, 0.15) is 43.7 Å². The van der Waals surface area contributed by atoms with Gasteiger partial charge in [-0.05, 0) is 37.6 Å². The van der Waals surface area contributed by atoms with Gasteiger partial charge in [-0.15, -0.1) is 0 Å². The molecular formula is C18H21NO3S. The quantitative estimate of drug-likeness (QED) is 0.779. The van der Waals surface area contributed by atoms with E-state index in [1.807, 2.05) is 19.9 Å². The Bertz CT molecular complexity index is 840. The molecule has 0 amide bonds. The number of carbonyl (C=O) groups excluding carboxylic acids is 1. The van der Waals surface area contributed by atoms with Gasteiger partial charge in [-0.2, -0.15) is 0 Å². The first-order valence-corrected chi connectivity index (χ1v) is 8.89. The van der Waals surface area contributed by atoms with Gasteiger partial charge >= 0.3 is 0 Å². The van der Waals surface area contributed by atoms with Crippen LogP contribution < -0.4 is 0 Å². The Hall–Kier alpha value is -2.14. The molecule has 0 N–H and O–H groups in total. The summed E-state index contributed by atoms with van der Waals surface area (Å²) in [5, 5.41) is 0. The lowest BCUT2D eigenvalue weighted by atomic mass is 10.1. The summed E-state index contributed by atoms with van der Waals surface area (Å²) < 4.78 is 26.8. The van der Waals surface area contributed by atoms with Gasteiger partial charge in [-0.1, -0.05) is 43.7 Å². The van der Waals surface area contributed by atoms with Crippen molar-refractivity contribution in [2.75, 3.05) is 0 Å². The van der Waals surface area contributed by atoms with Gasteiger partial charge in [-0.25, -0.2) is 12.4 Å². The summed E-state index contributed by atoms with van der Waals surface area (Å²) >= 11 is 0. The van der Waals surface area contributed by atoms with Crippen molar-refractivity contribution in [2.24, 2.45) is 5.92 Å². The molecule has 2 aromatic rings. The van der Waals surface area contributed by atoms with E-state index in [4.69, 9.17) is 0 Å². The van der Waals surface area contributed by atoms with Gasteiger partial charge in [0.1, 0.15) is 5.69 Å². The third-order valence-corrected chi connectivity index (χ3v) is 5.03. The standard InChI is InChI=1S/C18H21NO3S/c1-13(2)10-15-11-17(18(20)14(3)4)19(12-15)23(21,22)16-8-6-5-7-9-16/h5-12,14H,1-4H3. The summed E-state index contributed by atoms with van der Waals surface area (Å²) in [4.78, 5) is 12.6. The third-order valence-electron chi connectivity index (χ3n) is 3.34. The largest absolute Gasteiger partial charge is 0.292 e. The molecule has 0 fully saturated rings. The van der Waals surface area contributed by atoms with E-state index >= 15 is 0 Å². The number of nitrogens with zero attached hydrogens (tertiary/aromatic N) is 1. The summed E-state index contributed by atoms with van der Waals surface area (Å²) in [5.74, 6) is -0.480.